The molecule has 2 aliphatic rings. The topological polar surface area (TPSA) is 69.7 Å². The number of carbonyl (C=O) groups excluding carboxylic acids is 3. The van der Waals surface area contributed by atoms with Crippen LogP contribution in [0.2, 0.25) is 0 Å². The van der Waals surface area contributed by atoms with Gasteiger partial charge in [-0.3, -0.25) is 0 Å². The zero-order chi connectivity index (χ0) is 15.4. The Bertz CT molecular complexity index is 907. The van der Waals surface area contributed by atoms with Crippen LogP contribution in [0.1, 0.15) is 36.6 Å². The van der Waals surface area contributed by atoms with Gasteiger partial charge in [0.05, 0.1) is 16.7 Å². The number of esters is 3. The third kappa shape index (κ3) is 1.56. The van der Waals surface area contributed by atoms with Gasteiger partial charge in [-0.1, -0.05) is 24.8 Å². The van der Waals surface area contributed by atoms with Crippen LogP contribution in [0, 0.1) is 0 Å². The largest absolute Gasteiger partial charge is 0.423 e. The van der Waals surface area contributed by atoms with Crippen molar-refractivity contribution < 1.29 is 23.9 Å². The summed E-state index contributed by atoms with van der Waals surface area (Å²) in [5, 5.41) is 0. The number of carbonyl (C=O) groups is 3. The molecule has 0 N–H and O–H groups in total. The van der Waals surface area contributed by atoms with Gasteiger partial charge in [-0.25, -0.2) is 14.4 Å². The molecule has 22 heavy (non-hydrogen) atoms. The Balaban J connectivity index is 1.94. The molecule has 0 unspecified atom stereocenters. The molecule has 0 radical (unpaired) electrons. The third-order valence-electron chi connectivity index (χ3n) is 3.74. The summed E-state index contributed by atoms with van der Waals surface area (Å²) >= 11 is 0. The molecule has 0 atom stereocenters. The van der Waals surface area contributed by atoms with Gasteiger partial charge in [-0.05, 0) is 29.3 Å². The third-order valence-corrected chi connectivity index (χ3v) is 3.74. The van der Waals surface area contributed by atoms with E-state index < -0.39 is 17.9 Å². The van der Waals surface area contributed by atoms with Crippen LogP contribution < -0.4 is 0 Å². The Kier molecular flexibility index (Phi) is 2.36. The maximum absolute atomic E-state index is 11.9. The summed E-state index contributed by atoms with van der Waals surface area (Å²) in [4.78, 5) is 35.1. The molecule has 2 heterocycles. The quantitative estimate of drug-likeness (QED) is 0.597. The maximum Gasteiger partial charge on any atom is 0.347 e. The van der Waals surface area contributed by atoms with E-state index in [1.807, 2.05) is 0 Å². The van der Waals surface area contributed by atoms with Gasteiger partial charge in [0.2, 0.25) is 0 Å². The van der Waals surface area contributed by atoms with Crippen LogP contribution in [-0.4, -0.2) is 17.9 Å². The number of ether oxygens (including phenoxy) is 2. The summed E-state index contributed by atoms with van der Waals surface area (Å²) < 4.78 is 9.62. The number of hydrogen-bond donors (Lipinski definition) is 0. The summed E-state index contributed by atoms with van der Waals surface area (Å²) in [6.45, 7) is 3.69. The molecule has 2 aromatic carbocycles. The van der Waals surface area contributed by atoms with Gasteiger partial charge in [0, 0.05) is 5.56 Å². The van der Waals surface area contributed by atoms with E-state index in [1.165, 1.54) is 0 Å². The van der Waals surface area contributed by atoms with Crippen molar-refractivity contribution >= 4 is 23.7 Å². The monoisotopic (exact) mass is 292 g/mol. The minimum Gasteiger partial charge on any atom is -0.423 e. The average molecular weight is 292 g/mol. The van der Waals surface area contributed by atoms with Crippen molar-refractivity contribution in [2.45, 2.75) is 0 Å². The van der Waals surface area contributed by atoms with Crippen molar-refractivity contribution in [3.8, 4) is 11.1 Å². The lowest BCUT2D eigenvalue weighted by atomic mass is 9.94. The first-order chi connectivity index (χ1) is 10.6. The molecule has 5 heteroatoms. The predicted octanol–water partition coefficient (Wildman–Crippen LogP) is 2.81. The van der Waals surface area contributed by atoms with E-state index >= 15 is 0 Å². The van der Waals surface area contributed by atoms with Crippen molar-refractivity contribution in [2.24, 2.45) is 0 Å². The highest BCUT2D eigenvalue weighted by atomic mass is 16.6. The van der Waals surface area contributed by atoms with E-state index in [4.69, 9.17) is 4.74 Å². The molecule has 0 amide bonds. The smallest absolute Gasteiger partial charge is 0.347 e. The Morgan fingerprint density at radius 3 is 2.27 bits per heavy atom. The van der Waals surface area contributed by atoms with E-state index in [9.17, 15) is 14.4 Å². The lowest BCUT2D eigenvalue weighted by molar-refractivity contribution is 0.0443. The molecule has 0 fully saturated rings. The van der Waals surface area contributed by atoms with Gasteiger partial charge < -0.3 is 9.47 Å². The second-order valence-corrected chi connectivity index (χ2v) is 4.98. The van der Waals surface area contributed by atoms with Gasteiger partial charge in [-0.2, -0.15) is 0 Å². The first kappa shape index (κ1) is 12.5. The Morgan fingerprint density at radius 2 is 1.45 bits per heavy atom. The summed E-state index contributed by atoms with van der Waals surface area (Å²) in [5.74, 6) is -1.49. The molecule has 0 aliphatic carbocycles. The van der Waals surface area contributed by atoms with Gasteiger partial charge in [0.25, 0.3) is 0 Å². The molecule has 0 aromatic heterocycles. The Labute approximate surface area is 124 Å². The van der Waals surface area contributed by atoms with Crippen molar-refractivity contribution in [3.05, 3.63) is 65.2 Å². The zero-order valence-corrected chi connectivity index (χ0v) is 11.2. The first-order valence-electron chi connectivity index (χ1n) is 6.51. The molecule has 0 spiro atoms. The van der Waals surface area contributed by atoms with Crippen molar-refractivity contribution in [1.82, 2.24) is 0 Å². The standard InChI is InChI=1S/C17H8O5/c1-8-13-7-9(5-6-11(13)15(18)21-8)10-3-2-4-12-14(10)17(20)22-16(12)19/h2-7H,1H2. The van der Waals surface area contributed by atoms with E-state index in [1.54, 1.807) is 36.4 Å². The lowest BCUT2D eigenvalue weighted by Crippen LogP contribution is -1.98. The summed E-state index contributed by atoms with van der Waals surface area (Å²) in [6, 6.07) is 9.98. The highest BCUT2D eigenvalue weighted by Crippen LogP contribution is 2.36. The van der Waals surface area contributed by atoms with Crippen LogP contribution in [0.25, 0.3) is 16.9 Å². The molecule has 2 aromatic rings. The Hall–Kier alpha value is -3.21. The van der Waals surface area contributed by atoms with Crippen LogP contribution >= 0.6 is 0 Å². The zero-order valence-electron chi connectivity index (χ0n) is 11.2. The van der Waals surface area contributed by atoms with Crippen LogP contribution in [-0.2, 0) is 9.47 Å². The first-order valence-corrected chi connectivity index (χ1v) is 6.51. The van der Waals surface area contributed by atoms with Gasteiger partial charge >= 0.3 is 17.9 Å². The molecule has 2 aliphatic heterocycles. The minimum absolute atomic E-state index is 0.239. The van der Waals surface area contributed by atoms with Gasteiger partial charge in [-0.15, -0.1) is 0 Å². The number of cyclic esters (lactones) is 3. The minimum atomic E-state index is -0.665. The molecule has 4 rings (SSSR count). The summed E-state index contributed by atoms with van der Waals surface area (Å²) in [7, 11) is 0. The van der Waals surface area contributed by atoms with Crippen LogP contribution in [0.15, 0.2) is 43.0 Å². The molecular formula is C17H8O5. The van der Waals surface area contributed by atoms with Crippen molar-refractivity contribution in [2.75, 3.05) is 0 Å². The van der Waals surface area contributed by atoms with Crippen LogP contribution in [0.3, 0.4) is 0 Å². The van der Waals surface area contributed by atoms with E-state index in [-0.39, 0.29) is 16.9 Å². The SMILES string of the molecule is C=C1OC(=O)c2ccc(-c3cccc4c3C(=O)OC4=O)cc21. The second kappa shape index (κ2) is 4.14. The lowest BCUT2D eigenvalue weighted by Gasteiger charge is -2.06. The maximum atomic E-state index is 11.9. The molecule has 0 saturated carbocycles. The van der Waals surface area contributed by atoms with Crippen molar-refractivity contribution in [1.29, 1.82) is 0 Å². The highest BCUT2D eigenvalue weighted by Gasteiger charge is 2.33. The average Bonchev–Trinajstić information content (AvgIpc) is 2.96. The summed E-state index contributed by atoms with van der Waals surface area (Å²) in [5.41, 5.74) is 2.75. The highest BCUT2D eigenvalue weighted by molar-refractivity contribution is 6.18. The molecule has 5 nitrogen and oxygen atoms in total. The fourth-order valence-electron chi connectivity index (χ4n) is 2.72. The molecule has 0 saturated heterocycles. The fraction of sp³-hybridized carbons (Fsp3) is 0. The number of hydrogen-bond acceptors (Lipinski definition) is 5. The summed E-state index contributed by atoms with van der Waals surface area (Å²) in [6.07, 6.45) is 0. The number of fused-ring (bicyclic) bond motifs is 2. The van der Waals surface area contributed by atoms with Crippen LogP contribution in [0.5, 0.6) is 0 Å². The molecular weight excluding hydrogens is 284 g/mol. The fourth-order valence-corrected chi connectivity index (χ4v) is 2.72. The van der Waals surface area contributed by atoms with Gasteiger partial charge in [0.15, 0.2) is 0 Å². The van der Waals surface area contributed by atoms with E-state index in [0.717, 1.165) is 0 Å². The van der Waals surface area contributed by atoms with E-state index in [2.05, 4.69) is 11.3 Å². The normalized spacial score (nSPS) is 15.5. The predicted molar refractivity (Wildman–Crippen MR) is 76.1 cm³/mol. The second-order valence-electron chi connectivity index (χ2n) is 4.98. The van der Waals surface area contributed by atoms with Gasteiger partial charge in [0.1, 0.15) is 5.76 Å². The Morgan fingerprint density at radius 1 is 0.727 bits per heavy atom. The van der Waals surface area contributed by atoms with Crippen LogP contribution in [0.4, 0.5) is 0 Å². The molecule has 0 bridgehead atoms. The molecule has 106 valence electrons. The van der Waals surface area contributed by atoms with Crippen molar-refractivity contribution in [3.63, 3.8) is 0 Å². The van der Waals surface area contributed by atoms with E-state index in [0.29, 0.717) is 22.3 Å². The number of rotatable bonds is 1. The number of benzene rings is 2.